The summed E-state index contributed by atoms with van der Waals surface area (Å²) in [6, 6.07) is 5.79. The Balaban J connectivity index is 2.08. The maximum atomic E-state index is 6.13. The summed E-state index contributed by atoms with van der Waals surface area (Å²) in [6.07, 6.45) is 3.88. The maximum Gasteiger partial charge on any atom is 0.133 e. The van der Waals surface area contributed by atoms with Gasteiger partial charge in [0.25, 0.3) is 0 Å². The molecule has 1 aromatic carbocycles. The number of rotatable bonds is 3. The number of ether oxygens (including phenoxy) is 1. The molecular weight excluding hydrogens is 322 g/mol. The molecule has 2 N–H and O–H groups in total. The van der Waals surface area contributed by atoms with E-state index in [1.807, 2.05) is 18.2 Å². The lowest BCUT2D eigenvalue weighted by Gasteiger charge is -2.32. The Labute approximate surface area is 128 Å². The van der Waals surface area contributed by atoms with E-state index in [0.29, 0.717) is 11.1 Å². The molecule has 2 atom stereocenters. The van der Waals surface area contributed by atoms with Gasteiger partial charge in [0, 0.05) is 5.56 Å². The van der Waals surface area contributed by atoms with Crippen LogP contribution >= 0.6 is 28.1 Å². The number of halogens is 1. The highest BCUT2D eigenvalue weighted by Crippen LogP contribution is 2.34. The summed E-state index contributed by atoms with van der Waals surface area (Å²) >= 11 is 8.51. The van der Waals surface area contributed by atoms with Crippen LogP contribution in [0, 0.1) is 11.8 Å². The van der Waals surface area contributed by atoms with Gasteiger partial charge in [-0.2, -0.15) is 0 Å². The number of hydrogen-bond acceptors (Lipinski definition) is 2. The highest BCUT2D eigenvalue weighted by Gasteiger charge is 2.25. The fourth-order valence-corrected chi connectivity index (χ4v) is 3.50. The molecular formula is C15H20BrNOS. The van der Waals surface area contributed by atoms with Crippen LogP contribution in [0.2, 0.25) is 0 Å². The van der Waals surface area contributed by atoms with Crippen LogP contribution in [-0.2, 0) is 0 Å². The monoisotopic (exact) mass is 341 g/mol. The molecule has 0 radical (unpaired) electrons. The SMILES string of the molecule is CC1CC(C)CC(Oc2ccc(C(N)=S)cc2Br)C1. The lowest BCUT2D eigenvalue weighted by molar-refractivity contribution is 0.100. The zero-order valence-corrected chi connectivity index (χ0v) is 13.8. The van der Waals surface area contributed by atoms with Gasteiger partial charge in [-0.25, -0.2) is 0 Å². The van der Waals surface area contributed by atoms with E-state index in [2.05, 4.69) is 29.8 Å². The van der Waals surface area contributed by atoms with Crippen molar-refractivity contribution in [2.24, 2.45) is 17.6 Å². The summed E-state index contributed by atoms with van der Waals surface area (Å²) in [4.78, 5) is 0.409. The van der Waals surface area contributed by atoms with Crippen molar-refractivity contribution in [2.45, 2.75) is 39.2 Å². The predicted molar refractivity (Wildman–Crippen MR) is 86.6 cm³/mol. The van der Waals surface area contributed by atoms with Crippen LogP contribution < -0.4 is 10.5 Å². The van der Waals surface area contributed by atoms with Crippen molar-refractivity contribution in [3.05, 3.63) is 28.2 Å². The van der Waals surface area contributed by atoms with E-state index in [1.54, 1.807) is 0 Å². The summed E-state index contributed by atoms with van der Waals surface area (Å²) in [5.41, 5.74) is 6.48. The summed E-state index contributed by atoms with van der Waals surface area (Å²) in [5, 5.41) is 0. The molecule has 2 rings (SSSR count). The topological polar surface area (TPSA) is 35.2 Å². The van der Waals surface area contributed by atoms with E-state index in [1.165, 1.54) is 6.42 Å². The lowest BCUT2D eigenvalue weighted by atomic mass is 9.82. The molecule has 0 aliphatic heterocycles. The van der Waals surface area contributed by atoms with Crippen LogP contribution in [0.25, 0.3) is 0 Å². The molecule has 0 amide bonds. The number of hydrogen-bond donors (Lipinski definition) is 1. The standard InChI is InChI=1S/C15H20BrNOS/c1-9-5-10(2)7-12(6-9)18-14-4-3-11(15(17)19)8-13(14)16/h3-4,8-10,12H,5-7H2,1-2H3,(H2,17,19). The van der Waals surface area contributed by atoms with Crippen LogP contribution in [0.4, 0.5) is 0 Å². The first-order valence-electron chi connectivity index (χ1n) is 6.71. The molecule has 1 saturated carbocycles. The van der Waals surface area contributed by atoms with Crippen molar-refractivity contribution in [3.63, 3.8) is 0 Å². The van der Waals surface area contributed by atoms with Crippen molar-refractivity contribution < 1.29 is 4.74 Å². The molecule has 0 spiro atoms. The van der Waals surface area contributed by atoms with E-state index >= 15 is 0 Å². The third kappa shape index (κ3) is 3.93. The van der Waals surface area contributed by atoms with Crippen molar-refractivity contribution in [1.82, 2.24) is 0 Å². The number of thiocarbonyl (C=S) groups is 1. The van der Waals surface area contributed by atoms with E-state index < -0.39 is 0 Å². The smallest absolute Gasteiger partial charge is 0.133 e. The second-order valence-corrected chi connectivity index (χ2v) is 6.96. The first-order chi connectivity index (χ1) is 8.95. The van der Waals surface area contributed by atoms with Gasteiger partial charge in [-0.1, -0.05) is 26.1 Å². The third-order valence-corrected chi connectivity index (χ3v) is 4.50. The van der Waals surface area contributed by atoms with Gasteiger partial charge < -0.3 is 10.5 Å². The van der Waals surface area contributed by atoms with Crippen LogP contribution in [0.15, 0.2) is 22.7 Å². The Kier molecular flexibility index (Phi) is 4.85. The molecule has 1 aliphatic rings. The Morgan fingerprint density at radius 3 is 2.42 bits per heavy atom. The lowest BCUT2D eigenvalue weighted by Crippen LogP contribution is -2.28. The zero-order chi connectivity index (χ0) is 14.0. The normalized spacial score (nSPS) is 27.0. The average molecular weight is 342 g/mol. The largest absolute Gasteiger partial charge is 0.489 e. The van der Waals surface area contributed by atoms with Gasteiger partial charge in [0.15, 0.2) is 0 Å². The minimum atomic E-state index is 0.311. The quantitative estimate of drug-likeness (QED) is 0.833. The molecule has 2 unspecified atom stereocenters. The van der Waals surface area contributed by atoms with Crippen molar-refractivity contribution in [3.8, 4) is 5.75 Å². The van der Waals surface area contributed by atoms with Gasteiger partial charge in [0.1, 0.15) is 10.7 Å². The molecule has 1 aromatic rings. The minimum Gasteiger partial charge on any atom is -0.489 e. The van der Waals surface area contributed by atoms with E-state index in [-0.39, 0.29) is 0 Å². The Hall–Kier alpha value is -0.610. The number of nitrogens with two attached hydrogens (primary N) is 1. The van der Waals surface area contributed by atoms with Gasteiger partial charge in [-0.15, -0.1) is 0 Å². The second kappa shape index (κ2) is 6.23. The molecule has 0 heterocycles. The summed E-state index contributed by atoms with van der Waals surface area (Å²) < 4.78 is 7.05. The molecule has 0 aromatic heterocycles. The highest BCUT2D eigenvalue weighted by molar-refractivity contribution is 9.10. The third-order valence-electron chi connectivity index (χ3n) is 3.65. The van der Waals surface area contributed by atoms with Gasteiger partial charge in [0.2, 0.25) is 0 Å². The molecule has 1 aliphatic carbocycles. The van der Waals surface area contributed by atoms with E-state index in [0.717, 1.165) is 40.5 Å². The minimum absolute atomic E-state index is 0.311. The average Bonchev–Trinajstić information content (AvgIpc) is 2.30. The van der Waals surface area contributed by atoms with E-state index in [4.69, 9.17) is 22.7 Å². The van der Waals surface area contributed by atoms with Crippen molar-refractivity contribution in [2.75, 3.05) is 0 Å². The summed E-state index contributed by atoms with van der Waals surface area (Å²) in [6.45, 7) is 4.61. The van der Waals surface area contributed by atoms with E-state index in [9.17, 15) is 0 Å². The van der Waals surface area contributed by atoms with Gasteiger partial charge in [0.05, 0.1) is 10.6 Å². The molecule has 2 nitrogen and oxygen atoms in total. The zero-order valence-electron chi connectivity index (χ0n) is 11.4. The van der Waals surface area contributed by atoms with Crippen LogP contribution in [-0.4, -0.2) is 11.1 Å². The summed E-state index contributed by atoms with van der Waals surface area (Å²) in [5.74, 6) is 2.36. The van der Waals surface area contributed by atoms with Crippen molar-refractivity contribution >= 4 is 33.1 Å². The molecule has 4 heteroatoms. The van der Waals surface area contributed by atoms with Crippen molar-refractivity contribution in [1.29, 1.82) is 0 Å². The molecule has 19 heavy (non-hydrogen) atoms. The highest BCUT2D eigenvalue weighted by atomic mass is 79.9. The fraction of sp³-hybridized carbons (Fsp3) is 0.533. The first kappa shape index (κ1) is 14.8. The van der Waals surface area contributed by atoms with Gasteiger partial charge in [-0.3, -0.25) is 0 Å². The molecule has 0 saturated heterocycles. The Bertz CT molecular complexity index is 467. The molecule has 0 bridgehead atoms. The van der Waals surface area contributed by atoms with Crippen LogP contribution in [0.1, 0.15) is 38.7 Å². The second-order valence-electron chi connectivity index (χ2n) is 5.67. The Morgan fingerprint density at radius 2 is 1.89 bits per heavy atom. The van der Waals surface area contributed by atoms with Gasteiger partial charge in [-0.05, 0) is 65.2 Å². The first-order valence-corrected chi connectivity index (χ1v) is 7.92. The number of benzene rings is 1. The van der Waals surface area contributed by atoms with Crippen LogP contribution in [0.3, 0.4) is 0 Å². The maximum absolute atomic E-state index is 6.13. The Morgan fingerprint density at radius 1 is 1.26 bits per heavy atom. The van der Waals surface area contributed by atoms with Gasteiger partial charge >= 0.3 is 0 Å². The van der Waals surface area contributed by atoms with Crippen LogP contribution in [0.5, 0.6) is 5.75 Å². The fourth-order valence-electron chi connectivity index (χ4n) is 2.90. The molecule has 1 fully saturated rings. The summed E-state index contributed by atoms with van der Waals surface area (Å²) in [7, 11) is 0. The predicted octanol–water partition coefficient (Wildman–Crippen LogP) is 4.29. The molecule has 104 valence electrons.